The van der Waals surface area contributed by atoms with Crippen LogP contribution in [0.25, 0.3) is 0 Å². The number of carbonyl (C=O) groups excluding carboxylic acids is 1. The molecular formula is C25H33N3O3S2. The predicted molar refractivity (Wildman–Crippen MR) is 134 cm³/mol. The highest BCUT2D eigenvalue weighted by atomic mass is 32.2. The van der Waals surface area contributed by atoms with Crippen molar-refractivity contribution in [2.75, 3.05) is 38.5 Å². The molecule has 2 aliphatic rings. The van der Waals surface area contributed by atoms with Gasteiger partial charge in [0.05, 0.1) is 4.90 Å². The van der Waals surface area contributed by atoms with Crippen molar-refractivity contribution >= 4 is 27.7 Å². The van der Waals surface area contributed by atoms with Crippen LogP contribution in [-0.2, 0) is 16.6 Å². The maximum Gasteiger partial charge on any atom is 0.251 e. The van der Waals surface area contributed by atoms with E-state index in [1.807, 2.05) is 42.1 Å². The molecule has 1 saturated carbocycles. The van der Waals surface area contributed by atoms with Crippen LogP contribution in [0.1, 0.15) is 41.6 Å². The number of benzene rings is 2. The molecule has 0 unspecified atom stereocenters. The number of thioether (sulfide) groups is 1. The van der Waals surface area contributed by atoms with Crippen molar-refractivity contribution < 1.29 is 13.2 Å². The number of hydrogen-bond acceptors (Lipinski definition) is 5. The van der Waals surface area contributed by atoms with Crippen LogP contribution in [0.3, 0.4) is 0 Å². The first kappa shape index (κ1) is 24.3. The molecule has 1 heterocycles. The van der Waals surface area contributed by atoms with Gasteiger partial charge >= 0.3 is 0 Å². The van der Waals surface area contributed by atoms with Gasteiger partial charge in [-0.15, -0.1) is 0 Å². The molecule has 6 nitrogen and oxygen atoms in total. The van der Waals surface area contributed by atoms with Crippen molar-refractivity contribution in [2.24, 2.45) is 0 Å². The minimum Gasteiger partial charge on any atom is -0.351 e. The summed E-state index contributed by atoms with van der Waals surface area (Å²) in [5, 5.41) is 3.80. The lowest BCUT2D eigenvalue weighted by atomic mass is 10.1. The molecule has 1 saturated heterocycles. The van der Waals surface area contributed by atoms with E-state index >= 15 is 0 Å². The maximum absolute atomic E-state index is 12.8. The molecule has 2 aromatic rings. The highest BCUT2D eigenvalue weighted by Crippen LogP contribution is 2.28. The molecule has 2 fully saturated rings. The molecule has 1 aliphatic heterocycles. The van der Waals surface area contributed by atoms with Crippen LogP contribution < -0.4 is 5.32 Å². The van der Waals surface area contributed by atoms with Crippen LogP contribution in [0.2, 0.25) is 0 Å². The lowest BCUT2D eigenvalue weighted by molar-refractivity contribution is 0.0956. The first-order valence-corrected chi connectivity index (χ1v) is 14.3. The number of nitrogens with zero attached hydrogens (tertiary/aromatic N) is 2. The van der Waals surface area contributed by atoms with E-state index in [9.17, 15) is 13.2 Å². The van der Waals surface area contributed by atoms with E-state index in [0.29, 0.717) is 43.2 Å². The van der Waals surface area contributed by atoms with Gasteiger partial charge in [-0.25, -0.2) is 8.42 Å². The fourth-order valence-corrected chi connectivity index (χ4v) is 7.10. The minimum absolute atomic E-state index is 0.0201. The highest BCUT2D eigenvalue weighted by molar-refractivity contribution is 7.99. The molecule has 0 bridgehead atoms. The summed E-state index contributed by atoms with van der Waals surface area (Å²) < 4.78 is 27.1. The number of sulfonamides is 1. The van der Waals surface area contributed by atoms with E-state index in [2.05, 4.69) is 10.2 Å². The van der Waals surface area contributed by atoms with Crippen molar-refractivity contribution in [3.63, 3.8) is 0 Å². The van der Waals surface area contributed by atoms with Gasteiger partial charge in [0.15, 0.2) is 0 Å². The second kappa shape index (κ2) is 11.5. The summed E-state index contributed by atoms with van der Waals surface area (Å²) in [6.45, 7) is 3.80. The average Bonchev–Trinajstić information content (AvgIpc) is 3.37. The van der Waals surface area contributed by atoms with Crippen LogP contribution >= 0.6 is 11.8 Å². The molecule has 4 rings (SSSR count). The summed E-state index contributed by atoms with van der Waals surface area (Å²) in [5.74, 6) is 0.953. The molecule has 33 heavy (non-hydrogen) atoms. The lowest BCUT2D eigenvalue weighted by Crippen LogP contribution is -2.48. The van der Waals surface area contributed by atoms with E-state index in [4.69, 9.17) is 0 Å². The van der Waals surface area contributed by atoms with Crippen molar-refractivity contribution in [1.29, 1.82) is 0 Å². The first-order chi connectivity index (χ1) is 16.0. The number of carbonyl (C=O) groups is 1. The Balaban J connectivity index is 1.20. The molecule has 0 aromatic heterocycles. The van der Waals surface area contributed by atoms with Crippen molar-refractivity contribution in [1.82, 2.24) is 14.5 Å². The minimum atomic E-state index is -3.43. The summed E-state index contributed by atoms with van der Waals surface area (Å²) in [4.78, 5) is 15.0. The average molecular weight is 488 g/mol. The zero-order chi connectivity index (χ0) is 23.1. The van der Waals surface area contributed by atoms with Crippen LogP contribution in [0.4, 0.5) is 0 Å². The summed E-state index contributed by atoms with van der Waals surface area (Å²) in [7, 11) is -3.43. The maximum atomic E-state index is 12.8. The fraction of sp³-hybridized carbons (Fsp3) is 0.480. The smallest absolute Gasteiger partial charge is 0.251 e. The van der Waals surface area contributed by atoms with Gasteiger partial charge < -0.3 is 5.32 Å². The Bertz CT molecular complexity index is 999. The van der Waals surface area contributed by atoms with E-state index in [0.717, 1.165) is 23.1 Å². The SMILES string of the molecule is O=C(NCCSC1CCCC1)c1ccc(CN2CCN(S(=O)(=O)c3ccccc3)CC2)cc1. The largest absolute Gasteiger partial charge is 0.351 e. The Kier molecular flexibility index (Phi) is 8.46. The molecule has 178 valence electrons. The summed E-state index contributed by atoms with van der Waals surface area (Å²) in [6.07, 6.45) is 5.33. The van der Waals surface area contributed by atoms with E-state index < -0.39 is 10.0 Å². The molecule has 1 amide bonds. The number of piperazine rings is 1. The molecule has 1 aliphatic carbocycles. The van der Waals surface area contributed by atoms with Crippen LogP contribution in [0.15, 0.2) is 59.5 Å². The second-order valence-corrected chi connectivity index (χ2v) is 12.1. The van der Waals surface area contributed by atoms with Gasteiger partial charge in [0.25, 0.3) is 5.91 Å². The number of rotatable bonds is 9. The van der Waals surface area contributed by atoms with Crippen molar-refractivity contribution in [3.8, 4) is 0 Å². The zero-order valence-corrected chi connectivity index (χ0v) is 20.6. The third-order valence-corrected chi connectivity index (χ3v) is 9.67. The molecule has 2 aromatic carbocycles. The van der Waals surface area contributed by atoms with Gasteiger partial charge in [0.1, 0.15) is 0 Å². The van der Waals surface area contributed by atoms with Gasteiger partial charge in [0.2, 0.25) is 10.0 Å². The molecule has 0 atom stereocenters. The molecule has 1 N–H and O–H groups in total. The molecule has 8 heteroatoms. The third-order valence-electron chi connectivity index (χ3n) is 6.38. The topological polar surface area (TPSA) is 69.7 Å². The predicted octanol–water partition coefficient (Wildman–Crippen LogP) is 3.60. The van der Waals surface area contributed by atoms with Crippen LogP contribution in [0.5, 0.6) is 0 Å². The Morgan fingerprint density at radius 1 is 0.939 bits per heavy atom. The van der Waals surface area contributed by atoms with Crippen molar-refractivity contribution in [2.45, 2.75) is 42.4 Å². The summed E-state index contributed by atoms with van der Waals surface area (Å²) >= 11 is 1.98. The molecular weight excluding hydrogens is 454 g/mol. The number of nitrogens with one attached hydrogen (secondary N) is 1. The lowest BCUT2D eigenvalue weighted by Gasteiger charge is -2.34. The second-order valence-electron chi connectivity index (χ2n) is 8.72. The molecule has 0 spiro atoms. The van der Waals surface area contributed by atoms with E-state index in [1.54, 1.807) is 28.6 Å². The van der Waals surface area contributed by atoms with Crippen LogP contribution in [-0.4, -0.2) is 67.3 Å². The van der Waals surface area contributed by atoms with Gasteiger partial charge in [0, 0.05) is 55.8 Å². The molecule has 0 radical (unpaired) electrons. The summed E-state index contributed by atoms with van der Waals surface area (Å²) in [5.41, 5.74) is 1.81. The Morgan fingerprint density at radius 3 is 2.27 bits per heavy atom. The monoisotopic (exact) mass is 487 g/mol. The standard InChI is InChI=1S/C25H33N3O3S2/c29-25(26-14-19-32-23-6-4-5-7-23)22-12-10-21(11-13-22)20-27-15-17-28(18-16-27)33(30,31)24-8-2-1-3-9-24/h1-3,8-13,23H,4-7,14-20H2,(H,26,29). The van der Waals surface area contributed by atoms with Crippen LogP contribution in [0, 0.1) is 0 Å². The quantitative estimate of drug-likeness (QED) is 0.548. The zero-order valence-electron chi connectivity index (χ0n) is 19.0. The normalized spacial score (nSPS) is 18.4. The van der Waals surface area contributed by atoms with E-state index in [1.165, 1.54) is 25.7 Å². The fourth-order valence-electron chi connectivity index (χ4n) is 4.44. The number of amides is 1. The first-order valence-electron chi connectivity index (χ1n) is 11.8. The number of hydrogen-bond donors (Lipinski definition) is 1. The Labute approximate surface area is 201 Å². The van der Waals surface area contributed by atoms with Crippen molar-refractivity contribution in [3.05, 3.63) is 65.7 Å². The summed E-state index contributed by atoms with van der Waals surface area (Å²) in [6, 6.07) is 16.4. The van der Waals surface area contributed by atoms with E-state index in [-0.39, 0.29) is 5.91 Å². The van der Waals surface area contributed by atoms with Gasteiger partial charge in [-0.1, -0.05) is 43.2 Å². The Hall–Kier alpha value is -1.87. The highest BCUT2D eigenvalue weighted by Gasteiger charge is 2.28. The van der Waals surface area contributed by atoms with Gasteiger partial charge in [-0.3, -0.25) is 9.69 Å². The van der Waals surface area contributed by atoms with Gasteiger partial charge in [-0.05, 0) is 42.7 Å². The van der Waals surface area contributed by atoms with Gasteiger partial charge in [-0.2, -0.15) is 16.1 Å². The third kappa shape index (κ3) is 6.59. The Morgan fingerprint density at radius 2 is 1.61 bits per heavy atom.